The van der Waals surface area contributed by atoms with Crippen LogP contribution in [0.25, 0.3) is 94.3 Å². The van der Waals surface area contributed by atoms with E-state index in [1.54, 1.807) is 0 Å². The molecule has 0 fully saturated rings. The molecule has 1 heterocycles. The van der Waals surface area contributed by atoms with Crippen molar-refractivity contribution >= 4 is 38.9 Å². The van der Waals surface area contributed by atoms with Gasteiger partial charge in [-0.3, -0.25) is 0 Å². The van der Waals surface area contributed by atoms with Crippen LogP contribution in [-0.2, 0) is 5.41 Å². The minimum atomic E-state index is -0.458. The van der Waals surface area contributed by atoms with Gasteiger partial charge in [0.1, 0.15) is 0 Å². The first-order valence-electron chi connectivity index (χ1n) is 26.0. The van der Waals surface area contributed by atoms with Crippen molar-refractivity contribution in [1.82, 2.24) is 4.57 Å². The van der Waals surface area contributed by atoms with Crippen molar-refractivity contribution in [3.8, 4) is 72.4 Å². The standard InChI is InChI=1S/C73H48N2/c1-4-17-49(18-5-1)50-31-39-57(40-32-50)74(58-41-33-51(34-42-58)54-38-46-71-65(47-54)63-25-12-15-30-70(63)75(71)56-21-8-3-9-22-56)59-43-35-52(36-44-59)55-37-45-64-69(48-55)73(66-27-13-10-23-61(66)62-24-11-14-28-67(62)73)68-29-16-26-60(72(64)68)53-19-6-2-7-20-53/h1-48H. The molecule has 75 heavy (non-hydrogen) atoms. The summed E-state index contributed by atoms with van der Waals surface area (Å²) in [7, 11) is 0. The monoisotopic (exact) mass is 952 g/mol. The van der Waals surface area contributed by atoms with Gasteiger partial charge < -0.3 is 9.47 Å². The Balaban J connectivity index is 0.833. The van der Waals surface area contributed by atoms with Gasteiger partial charge in [-0.25, -0.2) is 0 Å². The highest BCUT2D eigenvalue weighted by Crippen LogP contribution is 2.64. The van der Waals surface area contributed by atoms with Crippen molar-refractivity contribution in [1.29, 1.82) is 0 Å². The molecular weight excluding hydrogens is 905 g/mol. The Kier molecular flexibility index (Phi) is 9.83. The minimum absolute atomic E-state index is 0.458. The molecule has 15 rings (SSSR count). The molecule has 2 heteroatoms. The van der Waals surface area contributed by atoms with Gasteiger partial charge in [0.2, 0.25) is 0 Å². The number of hydrogen-bond donors (Lipinski definition) is 0. The quantitative estimate of drug-likeness (QED) is 0.147. The van der Waals surface area contributed by atoms with Crippen LogP contribution in [0.5, 0.6) is 0 Å². The summed E-state index contributed by atoms with van der Waals surface area (Å²) >= 11 is 0. The average molecular weight is 953 g/mol. The second kappa shape index (κ2) is 17.2. The van der Waals surface area contributed by atoms with E-state index in [1.807, 2.05) is 0 Å². The molecule has 0 N–H and O–H groups in total. The number of nitrogens with zero attached hydrogens (tertiary/aromatic N) is 2. The molecule has 0 saturated carbocycles. The van der Waals surface area contributed by atoms with Crippen molar-refractivity contribution in [3.05, 3.63) is 313 Å². The number of para-hydroxylation sites is 2. The van der Waals surface area contributed by atoms with E-state index in [0.717, 1.165) is 22.7 Å². The average Bonchev–Trinajstić information content (AvgIpc) is 4.32. The summed E-state index contributed by atoms with van der Waals surface area (Å²) in [4.78, 5) is 2.38. The highest BCUT2D eigenvalue weighted by atomic mass is 15.1. The Bertz CT molecular complexity index is 4260. The van der Waals surface area contributed by atoms with Crippen molar-refractivity contribution in [2.45, 2.75) is 5.41 Å². The minimum Gasteiger partial charge on any atom is -0.311 e. The Labute approximate surface area is 437 Å². The summed E-state index contributed by atoms with van der Waals surface area (Å²) < 4.78 is 2.37. The van der Waals surface area contributed by atoms with Gasteiger partial charge in [-0.15, -0.1) is 0 Å². The van der Waals surface area contributed by atoms with Crippen molar-refractivity contribution in [3.63, 3.8) is 0 Å². The summed E-state index contributed by atoms with van der Waals surface area (Å²) in [6.45, 7) is 0. The van der Waals surface area contributed by atoms with E-state index in [-0.39, 0.29) is 0 Å². The second-order valence-corrected chi connectivity index (χ2v) is 20.0. The SMILES string of the molecule is c1ccc(-c2ccc(N(c3ccc(-c4ccc5c(c4)C4(c6ccccc6-c6ccccc64)c4cccc(-c6ccccc6)c4-5)cc3)c3ccc(-c4ccc5c(c4)c4ccccc4n5-c4ccccc4)cc3)cc2)cc1. The van der Waals surface area contributed by atoms with Crippen molar-refractivity contribution in [2.24, 2.45) is 0 Å². The molecule has 0 amide bonds. The third-order valence-corrected chi connectivity index (χ3v) is 16.0. The normalized spacial score (nSPS) is 12.6. The fourth-order valence-electron chi connectivity index (χ4n) is 12.7. The van der Waals surface area contributed by atoms with Gasteiger partial charge in [-0.1, -0.05) is 218 Å². The van der Waals surface area contributed by atoms with Crippen LogP contribution < -0.4 is 4.90 Å². The number of aromatic nitrogens is 1. The third kappa shape index (κ3) is 6.66. The molecule has 13 aromatic rings. The summed E-state index contributed by atoms with van der Waals surface area (Å²) in [6.07, 6.45) is 0. The lowest BCUT2D eigenvalue weighted by molar-refractivity contribution is 0.794. The van der Waals surface area contributed by atoms with Crippen LogP contribution in [0.15, 0.2) is 291 Å². The third-order valence-electron chi connectivity index (χ3n) is 16.0. The zero-order valence-electron chi connectivity index (χ0n) is 41.1. The topological polar surface area (TPSA) is 8.17 Å². The van der Waals surface area contributed by atoms with E-state index in [2.05, 4.69) is 301 Å². The smallest absolute Gasteiger partial charge is 0.0725 e. The van der Waals surface area contributed by atoms with Gasteiger partial charge in [0.05, 0.1) is 16.4 Å². The zero-order chi connectivity index (χ0) is 49.5. The molecule has 350 valence electrons. The molecule has 0 radical (unpaired) electrons. The zero-order valence-corrected chi connectivity index (χ0v) is 41.1. The van der Waals surface area contributed by atoms with E-state index in [4.69, 9.17) is 0 Å². The predicted octanol–water partition coefficient (Wildman–Crippen LogP) is 19.3. The summed E-state index contributed by atoms with van der Waals surface area (Å²) in [5.41, 5.74) is 26.6. The molecule has 1 spiro atoms. The molecule has 12 aromatic carbocycles. The first-order valence-corrected chi connectivity index (χ1v) is 26.0. The Morgan fingerprint density at radius 1 is 0.253 bits per heavy atom. The van der Waals surface area contributed by atoms with Crippen LogP contribution in [0.4, 0.5) is 17.1 Å². The Hall–Kier alpha value is -9.76. The van der Waals surface area contributed by atoms with E-state index in [1.165, 1.54) is 111 Å². The lowest BCUT2D eigenvalue weighted by Gasteiger charge is -2.31. The molecule has 2 aliphatic rings. The highest BCUT2D eigenvalue weighted by molar-refractivity contribution is 6.10. The largest absolute Gasteiger partial charge is 0.311 e. The van der Waals surface area contributed by atoms with Gasteiger partial charge in [0, 0.05) is 33.5 Å². The van der Waals surface area contributed by atoms with Gasteiger partial charge in [0.25, 0.3) is 0 Å². The molecule has 0 unspecified atom stereocenters. The van der Waals surface area contributed by atoms with E-state index < -0.39 is 5.41 Å². The summed E-state index contributed by atoms with van der Waals surface area (Å²) in [6, 6.07) is 107. The molecule has 2 aliphatic carbocycles. The Morgan fingerprint density at radius 3 is 1.32 bits per heavy atom. The second-order valence-electron chi connectivity index (χ2n) is 20.0. The van der Waals surface area contributed by atoms with E-state index >= 15 is 0 Å². The van der Waals surface area contributed by atoms with Gasteiger partial charge in [0.15, 0.2) is 0 Å². The van der Waals surface area contributed by atoms with Gasteiger partial charge in [-0.2, -0.15) is 0 Å². The first kappa shape index (κ1) is 42.9. The molecule has 2 nitrogen and oxygen atoms in total. The maximum Gasteiger partial charge on any atom is 0.0725 e. The first-order chi connectivity index (χ1) is 37.2. The number of anilines is 3. The fraction of sp³-hybridized carbons (Fsp3) is 0.0137. The van der Waals surface area contributed by atoms with Crippen LogP contribution in [0.1, 0.15) is 22.3 Å². The maximum absolute atomic E-state index is 2.49. The van der Waals surface area contributed by atoms with Crippen LogP contribution in [-0.4, -0.2) is 4.57 Å². The van der Waals surface area contributed by atoms with Gasteiger partial charge in [-0.05, 0) is 162 Å². The van der Waals surface area contributed by atoms with E-state index in [0.29, 0.717) is 0 Å². The molecule has 0 bridgehead atoms. The highest BCUT2D eigenvalue weighted by Gasteiger charge is 2.52. The van der Waals surface area contributed by atoms with E-state index in [9.17, 15) is 0 Å². The summed E-state index contributed by atoms with van der Waals surface area (Å²) in [5, 5.41) is 2.49. The number of fused-ring (bicyclic) bond motifs is 13. The van der Waals surface area contributed by atoms with Crippen LogP contribution >= 0.6 is 0 Å². The van der Waals surface area contributed by atoms with Gasteiger partial charge >= 0.3 is 0 Å². The van der Waals surface area contributed by atoms with Crippen molar-refractivity contribution in [2.75, 3.05) is 4.90 Å². The number of hydrogen-bond acceptors (Lipinski definition) is 1. The molecule has 0 atom stereocenters. The molecular formula is C73H48N2. The Morgan fingerprint density at radius 2 is 0.693 bits per heavy atom. The maximum atomic E-state index is 2.49. The summed E-state index contributed by atoms with van der Waals surface area (Å²) in [5.74, 6) is 0. The lowest BCUT2D eigenvalue weighted by Crippen LogP contribution is -2.25. The molecule has 0 saturated heterocycles. The van der Waals surface area contributed by atoms with Crippen LogP contribution in [0.2, 0.25) is 0 Å². The fourth-order valence-corrected chi connectivity index (χ4v) is 12.7. The number of benzene rings is 12. The van der Waals surface area contributed by atoms with Crippen LogP contribution in [0, 0.1) is 0 Å². The molecule has 1 aromatic heterocycles. The number of rotatable bonds is 8. The van der Waals surface area contributed by atoms with Crippen molar-refractivity contribution < 1.29 is 0 Å². The lowest BCUT2D eigenvalue weighted by atomic mass is 9.70. The molecule has 0 aliphatic heterocycles. The predicted molar refractivity (Wildman–Crippen MR) is 314 cm³/mol. The van der Waals surface area contributed by atoms with Crippen LogP contribution in [0.3, 0.4) is 0 Å².